The predicted octanol–water partition coefficient (Wildman–Crippen LogP) is 2.66. The summed E-state index contributed by atoms with van der Waals surface area (Å²) in [5, 5.41) is 8.94. The first-order valence-electron chi connectivity index (χ1n) is 8.42. The topological polar surface area (TPSA) is 43.8 Å². The van der Waals surface area contributed by atoms with Gasteiger partial charge >= 0.3 is 0 Å². The van der Waals surface area contributed by atoms with Crippen LogP contribution in [0, 0.1) is 0 Å². The third kappa shape index (κ3) is 4.55. The van der Waals surface area contributed by atoms with Crippen LogP contribution in [0.5, 0.6) is 0 Å². The molecule has 1 saturated heterocycles. The number of rotatable bonds is 5. The molecule has 1 aliphatic rings. The maximum Gasteiger partial charge on any atom is 0.194 e. The Balaban J connectivity index is 1.46. The third-order valence-corrected chi connectivity index (χ3v) is 6.08. The Labute approximate surface area is 152 Å². The number of hydrogen-bond donors (Lipinski definition) is 1. The monoisotopic (exact) mass is 363 g/mol. The fraction of sp³-hybridized carbons (Fsp3) is 0.529. The van der Waals surface area contributed by atoms with Gasteiger partial charge in [0.15, 0.2) is 5.96 Å². The standard InChI is InChI=1S/C17H25N5S2/c1-3-16-20-14(13-24-16)11-19-17(18-2)22-8-6-21(7-9-22)12-15-5-4-10-23-15/h4-5,10,13H,3,6-9,11-12H2,1-2H3,(H,18,19). The van der Waals surface area contributed by atoms with Gasteiger partial charge in [0.1, 0.15) is 0 Å². The molecule has 0 bridgehead atoms. The molecular formula is C17H25N5S2. The van der Waals surface area contributed by atoms with Crippen LogP contribution in [-0.4, -0.2) is 54.0 Å². The number of aryl methyl sites for hydroxylation is 1. The minimum absolute atomic E-state index is 0.749. The normalized spacial score (nSPS) is 16.6. The number of hydrogen-bond acceptors (Lipinski definition) is 5. The van der Waals surface area contributed by atoms with E-state index >= 15 is 0 Å². The molecule has 1 fully saturated rings. The van der Waals surface area contributed by atoms with Crippen molar-refractivity contribution in [3.63, 3.8) is 0 Å². The second-order valence-electron chi connectivity index (χ2n) is 5.83. The average Bonchev–Trinajstić information content (AvgIpc) is 3.28. The van der Waals surface area contributed by atoms with Crippen molar-refractivity contribution in [3.8, 4) is 0 Å². The van der Waals surface area contributed by atoms with Crippen molar-refractivity contribution in [1.29, 1.82) is 0 Å². The molecule has 1 aliphatic heterocycles. The van der Waals surface area contributed by atoms with Gasteiger partial charge in [0.05, 0.1) is 17.2 Å². The molecule has 7 heteroatoms. The number of nitrogens with zero attached hydrogens (tertiary/aromatic N) is 4. The highest BCUT2D eigenvalue weighted by Crippen LogP contribution is 2.14. The average molecular weight is 364 g/mol. The molecule has 2 aromatic rings. The van der Waals surface area contributed by atoms with Gasteiger partial charge in [0.2, 0.25) is 0 Å². The highest BCUT2D eigenvalue weighted by atomic mass is 32.1. The smallest absolute Gasteiger partial charge is 0.194 e. The molecule has 1 N–H and O–H groups in total. The molecular weight excluding hydrogens is 338 g/mol. The van der Waals surface area contributed by atoms with E-state index < -0.39 is 0 Å². The van der Waals surface area contributed by atoms with Crippen LogP contribution in [0.1, 0.15) is 22.5 Å². The zero-order valence-corrected chi connectivity index (χ0v) is 16.0. The van der Waals surface area contributed by atoms with Crippen LogP contribution < -0.4 is 5.32 Å². The summed E-state index contributed by atoms with van der Waals surface area (Å²) in [6.45, 7) is 8.15. The van der Waals surface area contributed by atoms with Crippen LogP contribution in [0.25, 0.3) is 0 Å². The quantitative estimate of drug-likeness (QED) is 0.655. The molecule has 5 nitrogen and oxygen atoms in total. The Hall–Kier alpha value is -1.44. The Bertz CT molecular complexity index is 642. The maximum atomic E-state index is 4.61. The molecule has 0 unspecified atom stereocenters. The van der Waals surface area contributed by atoms with Gasteiger partial charge in [0.25, 0.3) is 0 Å². The van der Waals surface area contributed by atoms with Crippen molar-refractivity contribution in [1.82, 2.24) is 20.1 Å². The Morgan fingerprint density at radius 3 is 2.75 bits per heavy atom. The molecule has 0 aliphatic carbocycles. The van der Waals surface area contributed by atoms with Crippen LogP contribution >= 0.6 is 22.7 Å². The van der Waals surface area contributed by atoms with E-state index in [-0.39, 0.29) is 0 Å². The minimum Gasteiger partial charge on any atom is -0.351 e. The van der Waals surface area contributed by atoms with E-state index in [2.05, 4.69) is 54.9 Å². The summed E-state index contributed by atoms with van der Waals surface area (Å²) in [6.07, 6.45) is 1.01. The van der Waals surface area contributed by atoms with Crippen LogP contribution in [0.4, 0.5) is 0 Å². The molecule has 3 rings (SSSR count). The number of piperazine rings is 1. The number of aromatic nitrogens is 1. The lowest BCUT2D eigenvalue weighted by Crippen LogP contribution is -2.52. The van der Waals surface area contributed by atoms with Crippen molar-refractivity contribution < 1.29 is 0 Å². The van der Waals surface area contributed by atoms with E-state index in [0.29, 0.717) is 0 Å². The van der Waals surface area contributed by atoms with Gasteiger partial charge in [-0.15, -0.1) is 22.7 Å². The lowest BCUT2D eigenvalue weighted by atomic mass is 10.3. The van der Waals surface area contributed by atoms with Crippen LogP contribution in [0.15, 0.2) is 27.9 Å². The van der Waals surface area contributed by atoms with Gasteiger partial charge in [-0.05, 0) is 17.9 Å². The van der Waals surface area contributed by atoms with Crippen molar-refractivity contribution in [2.24, 2.45) is 4.99 Å². The first-order chi connectivity index (χ1) is 11.8. The fourth-order valence-electron chi connectivity index (χ4n) is 2.84. The van der Waals surface area contributed by atoms with Gasteiger partial charge in [0, 0.05) is 50.0 Å². The van der Waals surface area contributed by atoms with Gasteiger partial charge < -0.3 is 10.2 Å². The Morgan fingerprint density at radius 2 is 2.12 bits per heavy atom. The van der Waals surface area contributed by atoms with Gasteiger partial charge in [-0.2, -0.15) is 0 Å². The summed E-state index contributed by atoms with van der Waals surface area (Å²) in [7, 11) is 1.86. The summed E-state index contributed by atoms with van der Waals surface area (Å²) in [6, 6.07) is 4.35. The summed E-state index contributed by atoms with van der Waals surface area (Å²) < 4.78 is 0. The van der Waals surface area contributed by atoms with Crippen LogP contribution in [0.2, 0.25) is 0 Å². The number of guanidine groups is 1. The first-order valence-corrected chi connectivity index (χ1v) is 10.2. The molecule has 130 valence electrons. The van der Waals surface area contributed by atoms with E-state index in [4.69, 9.17) is 0 Å². The van der Waals surface area contributed by atoms with Gasteiger partial charge in [-0.3, -0.25) is 9.89 Å². The third-order valence-electron chi connectivity index (χ3n) is 4.17. The minimum atomic E-state index is 0.749. The molecule has 0 aromatic carbocycles. The van der Waals surface area contributed by atoms with E-state index in [1.54, 1.807) is 11.3 Å². The summed E-state index contributed by atoms with van der Waals surface area (Å²) in [5.41, 5.74) is 1.11. The largest absolute Gasteiger partial charge is 0.351 e. The molecule has 0 radical (unpaired) electrons. The Kier molecular flexibility index (Phi) is 6.23. The SMILES string of the molecule is CCc1nc(CNC(=NC)N2CCN(Cc3cccs3)CC2)cs1. The predicted molar refractivity (Wildman–Crippen MR) is 103 cm³/mol. The van der Waals surface area contributed by atoms with Crippen molar-refractivity contribution in [2.45, 2.75) is 26.4 Å². The second kappa shape index (κ2) is 8.60. The number of thiophene rings is 1. The number of aliphatic imine (C=N–C) groups is 1. The lowest BCUT2D eigenvalue weighted by Gasteiger charge is -2.36. The zero-order valence-electron chi connectivity index (χ0n) is 14.4. The van der Waals surface area contributed by atoms with Gasteiger partial charge in [-0.25, -0.2) is 4.98 Å². The highest BCUT2D eigenvalue weighted by molar-refractivity contribution is 7.10. The number of thiazole rings is 1. The molecule has 0 spiro atoms. The Morgan fingerprint density at radius 1 is 1.29 bits per heavy atom. The van der Waals surface area contributed by atoms with E-state index in [0.717, 1.165) is 57.3 Å². The van der Waals surface area contributed by atoms with Crippen molar-refractivity contribution in [3.05, 3.63) is 38.5 Å². The molecule has 2 aromatic heterocycles. The highest BCUT2D eigenvalue weighted by Gasteiger charge is 2.19. The molecule has 0 saturated carbocycles. The number of nitrogens with one attached hydrogen (secondary N) is 1. The van der Waals surface area contributed by atoms with Crippen molar-refractivity contribution >= 4 is 28.6 Å². The fourth-order valence-corrected chi connectivity index (χ4v) is 4.33. The summed E-state index contributed by atoms with van der Waals surface area (Å²) in [4.78, 5) is 15.4. The van der Waals surface area contributed by atoms with Gasteiger partial charge in [-0.1, -0.05) is 13.0 Å². The first kappa shape index (κ1) is 17.4. The summed E-state index contributed by atoms with van der Waals surface area (Å²) in [5.74, 6) is 0.983. The van der Waals surface area contributed by atoms with E-state index in [1.807, 2.05) is 18.4 Å². The van der Waals surface area contributed by atoms with Crippen LogP contribution in [-0.2, 0) is 19.5 Å². The molecule has 0 atom stereocenters. The van der Waals surface area contributed by atoms with E-state index in [1.165, 1.54) is 9.88 Å². The van der Waals surface area contributed by atoms with E-state index in [9.17, 15) is 0 Å². The molecule has 3 heterocycles. The zero-order chi connectivity index (χ0) is 16.8. The summed E-state index contributed by atoms with van der Waals surface area (Å²) >= 11 is 3.58. The lowest BCUT2D eigenvalue weighted by molar-refractivity contribution is 0.173. The second-order valence-corrected chi connectivity index (χ2v) is 7.80. The van der Waals surface area contributed by atoms with Crippen molar-refractivity contribution in [2.75, 3.05) is 33.2 Å². The molecule has 0 amide bonds. The molecule has 24 heavy (non-hydrogen) atoms. The maximum absolute atomic E-state index is 4.61. The van der Waals surface area contributed by atoms with Crippen LogP contribution in [0.3, 0.4) is 0 Å².